The highest BCUT2D eigenvalue weighted by Crippen LogP contribution is 2.20. The van der Waals surface area contributed by atoms with E-state index in [0.717, 1.165) is 69.9 Å². The van der Waals surface area contributed by atoms with Crippen LogP contribution in [0.1, 0.15) is 18.4 Å². The van der Waals surface area contributed by atoms with Crippen LogP contribution in [0.4, 0.5) is 11.8 Å². The van der Waals surface area contributed by atoms with Gasteiger partial charge in [-0.25, -0.2) is 4.98 Å². The van der Waals surface area contributed by atoms with Crippen molar-refractivity contribution in [3.05, 3.63) is 42.1 Å². The molecule has 150 valence electrons. The SMILES string of the molecule is COc1cccc(CN2CCCC(Nc3ccnc(N4CCOCC4)n3)C2)c1. The van der Waals surface area contributed by atoms with Crippen molar-refractivity contribution in [2.75, 3.05) is 56.7 Å². The van der Waals surface area contributed by atoms with Crippen LogP contribution in [0.3, 0.4) is 0 Å². The summed E-state index contributed by atoms with van der Waals surface area (Å²) < 4.78 is 10.8. The number of ether oxygens (including phenoxy) is 2. The minimum atomic E-state index is 0.395. The summed E-state index contributed by atoms with van der Waals surface area (Å²) in [5.41, 5.74) is 1.29. The second kappa shape index (κ2) is 9.21. The van der Waals surface area contributed by atoms with Gasteiger partial charge in [-0.05, 0) is 43.1 Å². The lowest BCUT2D eigenvalue weighted by atomic mass is 10.0. The van der Waals surface area contributed by atoms with Crippen LogP contribution in [-0.2, 0) is 11.3 Å². The first-order valence-corrected chi connectivity index (χ1v) is 10.1. The van der Waals surface area contributed by atoms with Crippen LogP contribution in [0.2, 0.25) is 0 Å². The van der Waals surface area contributed by atoms with E-state index in [2.05, 4.69) is 38.3 Å². The summed E-state index contributed by atoms with van der Waals surface area (Å²) in [6, 6.07) is 10.7. The molecule has 2 aliphatic heterocycles. The average molecular weight is 383 g/mol. The van der Waals surface area contributed by atoms with Gasteiger partial charge in [-0.15, -0.1) is 0 Å². The van der Waals surface area contributed by atoms with Crippen molar-refractivity contribution in [3.8, 4) is 5.75 Å². The van der Waals surface area contributed by atoms with E-state index in [-0.39, 0.29) is 0 Å². The number of benzene rings is 1. The number of nitrogens with zero attached hydrogens (tertiary/aromatic N) is 4. The Bertz CT molecular complexity index is 766. The number of methoxy groups -OCH3 is 1. The maximum absolute atomic E-state index is 5.42. The number of nitrogens with one attached hydrogen (secondary N) is 1. The predicted octanol–water partition coefficient (Wildman–Crippen LogP) is 2.40. The van der Waals surface area contributed by atoms with Gasteiger partial charge in [0.05, 0.1) is 20.3 Å². The molecule has 2 aromatic rings. The Hall–Kier alpha value is -2.38. The summed E-state index contributed by atoms with van der Waals surface area (Å²) in [4.78, 5) is 13.9. The van der Waals surface area contributed by atoms with E-state index in [1.54, 1.807) is 7.11 Å². The molecule has 1 aromatic carbocycles. The highest BCUT2D eigenvalue weighted by Gasteiger charge is 2.21. The summed E-state index contributed by atoms with van der Waals surface area (Å²) in [5.74, 6) is 2.61. The van der Waals surface area contributed by atoms with Gasteiger partial charge in [0.25, 0.3) is 0 Å². The van der Waals surface area contributed by atoms with Gasteiger partial charge in [-0.2, -0.15) is 4.98 Å². The Kier molecular flexibility index (Phi) is 6.24. The van der Waals surface area contributed by atoms with Crippen LogP contribution in [0, 0.1) is 0 Å². The van der Waals surface area contributed by atoms with E-state index in [4.69, 9.17) is 14.5 Å². The second-order valence-electron chi connectivity index (χ2n) is 7.41. The lowest BCUT2D eigenvalue weighted by Gasteiger charge is -2.33. The molecule has 0 amide bonds. The van der Waals surface area contributed by atoms with E-state index >= 15 is 0 Å². The van der Waals surface area contributed by atoms with Gasteiger partial charge in [-0.1, -0.05) is 12.1 Å². The molecule has 0 aliphatic carbocycles. The third kappa shape index (κ3) is 4.91. The number of morpholine rings is 1. The van der Waals surface area contributed by atoms with Crippen LogP contribution in [0.5, 0.6) is 5.75 Å². The fraction of sp³-hybridized carbons (Fsp3) is 0.524. The van der Waals surface area contributed by atoms with Gasteiger partial charge < -0.3 is 19.7 Å². The van der Waals surface area contributed by atoms with Crippen molar-refractivity contribution in [2.24, 2.45) is 0 Å². The van der Waals surface area contributed by atoms with Gasteiger partial charge >= 0.3 is 0 Å². The maximum Gasteiger partial charge on any atom is 0.227 e. The molecule has 0 bridgehead atoms. The molecule has 2 fully saturated rings. The summed E-state index contributed by atoms with van der Waals surface area (Å²) in [7, 11) is 1.72. The number of rotatable bonds is 6. The zero-order chi connectivity index (χ0) is 19.2. The van der Waals surface area contributed by atoms with Gasteiger partial charge in [0, 0.05) is 38.4 Å². The highest BCUT2D eigenvalue weighted by molar-refractivity contribution is 5.42. The summed E-state index contributed by atoms with van der Waals surface area (Å²) >= 11 is 0. The molecule has 2 saturated heterocycles. The minimum Gasteiger partial charge on any atom is -0.497 e. The molecule has 1 N–H and O–H groups in total. The zero-order valence-corrected chi connectivity index (χ0v) is 16.5. The van der Waals surface area contributed by atoms with Crippen LogP contribution in [0.25, 0.3) is 0 Å². The Balaban J connectivity index is 1.35. The maximum atomic E-state index is 5.42. The Morgan fingerprint density at radius 1 is 1.21 bits per heavy atom. The van der Waals surface area contributed by atoms with E-state index in [9.17, 15) is 0 Å². The molecule has 1 atom stereocenters. The lowest BCUT2D eigenvalue weighted by molar-refractivity contribution is 0.122. The van der Waals surface area contributed by atoms with Crippen molar-refractivity contribution in [3.63, 3.8) is 0 Å². The minimum absolute atomic E-state index is 0.395. The summed E-state index contributed by atoms with van der Waals surface area (Å²) in [5, 5.41) is 3.62. The Morgan fingerprint density at radius 3 is 2.96 bits per heavy atom. The molecule has 28 heavy (non-hydrogen) atoms. The molecule has 7 nitrogen and oxygen atoms in total. The lowest BCUT2D eigenvalue weighted by Crippen LogP contribution is -2.42. The first-order valence-electron chi connectivity index (χ1n) is 10.1. The van der Waals surface area contributed by atoms with Crippen molar-refractivity contribution in [1.29, 1.82) is 0 Å². The summed E-state index contributed by atoms with van der Waals surface area (Å²) in [6.45, 7) is 6.25. The van der Waals surface area contributed by atoms with Crippen LogP contribution < -0.4 is 15.0 Å². The van der Waals surface area contributed by atoms with Crippen LogP contribution in [0.15, 0.2) is 36.5 Å². The number of hydrogen-bond donors (Lipinski definition) is 1. The first kappa shape index (κ1) is 19.0. The number of hydrogen-bond acceptors (Lipinski definition) is 7. The smallest absolute Gasteiger partial charge is 0.227 e. The van der Waals surface area contributed by atoms with Gasteiger partial charge in [-0.3, -0.25) is 4.90 Å². The molecular formula is C21H29N5O2. The number of anilines is 2. The number of aromatic nitrogens is 2. The van der Waals surface area contributed by atoms with E-state index < -0.39 is 0 Å². The third-order valence-corrected chi connectivity index (χ3v) is 5.33. The van der Waals surface area contributed by atoms with Crippen LogP contribution >= 0.6 is 0 Å². The fourth-order valence-corrected chi connectivity index (χ4v) is 3.90. The van der Waals surface area contributed by atoms with Crippen molar-refractivity contribution < 1.29 is 9.47 Å². The number of piperidine rings is 1. The molecule has 3 heterocycles. The average Bonchev–Trinajstić information content (AvgIpc) is 2.75. The monoisotopic (exact) mass is 383 g/mol. The van der Waals surface area contributed by atoms with Gasteiger partial charge in [0.2, 0.25) is 5.95 Å². The molecule has 0 saturated carbocycles. The summed E-state index contributed by atoms with van der Waals surface area (Å²) in [6.07, 6.45) is 4.19. The molecule has 1 unspecified atom stereocenters. The molecular weight excluding hydrogens is 354 g/mol. The molecule has 7 heteroatoms. The normalized spacial score (nSPS) is 20.8. The fourth-order valence-electron chi connectivity index (χ4n) is 3.90. The predicted molar refractivity (Wildman–Crippen MR) is 110 cm³/mol. The zero-order valence-electron chi connectivity index (χ0n) is 16.5. The van der Waals surface area contributed by atoms with E-state index in [0.29, 0.717) is 6.04 Å². The van der Waals surface area contributed by atoms with Crippen molar-refractivity contribution in [1.82, 2.24) is 14.9 Å². The molecule has 1 aromatic heterocycles. The quantitative estimate of drug-likeness (QED) is 0.822. The second-order valence-corrected chi connectivity index (χ2v) is 7.41. The van der Waals surface area contributed by atoms with E-state index in [1.165, 1.54) is 12.0 Å². The van der Waals surface area contributed by atoms with Gasteiger partial charge in [0.1, 0.15) is 11.6 Å². The molecule has 0 radical (unpaired) electrons. The first-order chi connectivity index (χ1) is 13.8. The third-order valence-electron chi connectivity index (χ3n) is 5.33. The standard InChI is InChI=1S/C21H29N5O2/c1-27-19-6-2-4-17(14-19)15-25-9-3-5-18(16-25)23-20-7-8-22-21(24-20)26-10-12-28-13-11-26/h2,4,6-8,14,18H,3,5,9-13,15-16H2,1H3,(H,22,23,24). The largest absolute Gasteiger partial charge is 0.497 e. The molecule has 2 aliphatic rings. The van der Waals surface area contributed by atoms with Gasteiger partial charge in [0.15, 0.2) is 0 Å². The Labute approximate surface area is 166 Å². The number of likely N-dealkylation sites (tertiary alicyclic amines) is 1. The topological polar surface area (TPSA) is 62.8 Å². The molecule has 0 spiro atoms. The Morgan fingerprint density at radius 2 is 2.11 bits per heavy atom. The highest BCUT2D eigenvalue weighted by atomic mass is 16.5. The van der Waals surface area contributed by atoms with Crippen molar-refractivity contribution >= 4 is 11.8 Å². The van der Waals surface area contributed by atoms with Crippen molar-refractivity contribution in [2.45, 2.75) is 25.4 Å². The van der Waals surface area contributed by atoms with E-state index in [1.807, 2.05) is 18.3 Å². The van der Waals surface area contributed by atoms with Crippen LogP contribution in [-0.4, -0.2) is 67.4 Å². The molecule has 4 rings (SSSR count).